The Morgan fingerprint density at radius 2 is 2.05 bits per heavy atom. The molecule has 1 aliphatic heterocycles. The fraction of sp³-hybridized carbons (Fsp3) is 0.467. The van der Waals surface area contributed by atoms with Crippen molar-refractivity contribution in [2.75, 3.05) is 32.8 Å². The van der Waals surface area contributed by atoms with Gasteiger partial charge in [-0.05, 0) is 24.6 Å². The topological polar surface area (TPSA) is 78.9 Å². The Hall–Kier alpha value is -2.08. The number of morpholine rings is 1. The van der Waals surface area contributed by atoms with Crippen LogP contribution in [0, 0.1) is 6.92 Å². The number of rotatable bonds is 4. The molecule has 0 aliphatic carbocycles. The van der Waals surface area contributed by atoms with E-state index in [-0.39, 0.29) is 30.5 Å². The molecule has 0 saturated carbocycles. The average Bonchev–Trinajstić information content (AvgIpc) is 2.50. The van der Waals surface area contributed by atoms with Crippen LogP contribution in [0.3, 0.4) is 0 Å². The van der Waals surface area contributed by atoms with Crippen LogP contribution >= 0.6 is 0 Å². The first-order valence-corrected chi connectivity index (χ1v) is 7.01. The third-order valence-electron chi connectivity index (χ3n) is 3.46. The number of phenols is 1. The number of amides is 2. The molecule has 0 bridgehead atoms. The van der Waals surface area contributed by atoms with Gasteiger partial charge >= 0.3 is 0 Å². The molecule has 2 amide bonds. The molecular weight excluding hydrogens is 272 g/mol. The SMILES string of the molecule is Cc1ccc(C(=O)NCCC(=O)N2CCOCC2)cc1O. The van der Waals surface area contributed by atoms with Crippen molar-refractivity contribution >= 4 is 11.8 Å². The van der Waals surface area contributed by atoms with Crippen LogP contribution in [-0.4, -0.2) is 54.7 Å². The molecule has 1 aromatic rings. The van der Waals surface area contributed by atoms with Crippen LogP contribution in [0.1, 0.15) is 22.3 Å². The summed E-state index contributed by atoms with van der Waals surface area (Å²) >= 11 is 0. The molecule has 0 unspecified atom stereocenters. The van der Waals surface area contributed by atoms with Gasteiger partial charge in [-0.2, -0.15) is 0 Å². The Bertz CT molecular complexity index is 524. The molecule has 0 aromatic heterocycles. The maximum Gasteiger partial charge on any atom is 0.251 e. The fourth-order valence-corrected chi connectivity index (χ4v) is 2.11. The number of aryl methyl sites for hydroxylation is 1. The van der Waals surface area contributed by atoms with Gasteiger partial charge in [0.05, 0.1) is 13.2 Å². The van der Waals surface area contributed by atoms with Crippen molar-refractivity contribution in [3.05, 3.63) is 29.3 Å². The Labute approximate surface area is 123 Å². The summed E-state index contributed by atoms with van der Waals surface area (Å²) in [6.07, 6.45) is 0.267. The van der Waals surface area contributed by atoms with Crippen LogP contribution in [0.4, 0.5) is 0 Å². The van der Waals surface area contributed by atoms with Gasteiger partial charge in [-0.15, -0.1) is 0 Å². The summed E-state index contributed by atoms with van der Waals surface area (Å²) in [4.78, 5) is 25.5. The highest BCUT2D eigenvalue weighted by Gasteiger charge is 2.16. The normalized spacial score (nSPS) is 14.8. The lowest BCUT2D eigenvalue weighted by Crippen LogP contribution is -2.42. The minimum absolute atomic E-state index is 0.0188. The molecule has 1 fully saturated rings. The van der Waals surface area contributed by atoms with E-state index < -0.39 is 0 Å². The zero-order valence-corrected chi connectivity index (χ0v) is 12.1. The summed E-state index contributed by atoms with van der Waals surface area (Å²) in [5, 5.41) is 12.3. The Morgan fingerprint density at radius 1 is 1.33 bits per heavy atom. The molecule has 2 rings (SSSR count). The lowest BCUT2D eigenvalue weighted by Gasteiger charge is -2.26. The summed E-state index contributed by atoms with van der Waals surface area (Å²) in [6, 6.07) is 4.76. The number of benzene rings is 1. The van der Waals surface area contributed by atoms with E-state index in [2.05, 4.69) is 5.32 Å². The van der Waals surface area contributed by atoms with Crippen LogP contribution in [-0.2, 0) is 9.53 Å². The summed E-state index contributed by atoms with van der Waals surface area (Å²) in [6.45, 7) is 4.40. The number of nitrogens with one attached hydrogen (secondary N) is 1. The zero-order chi connectivity index (χ0) is 15.2. The molecule has 1 aliphatic rings. The highest BCUT2D eigenvalue weighted by molar-refractivity contribution is 5.94. The second-order valence-electron chi connectivity index (χ2n) is 5.00. The van der Waals surface area contributed by atoms with Crippen molar-refractivity contribution in [3.8, 4) is 5.75 Å². The van der Waals surface area contributed by atoms with Crippen molar-refractivity contribution in [2.24, 2.45) is 0 Å². The molecule has 6 heteroatoms. The quantitative estimate of drug-likeness (QED) is 0.855. The number of aromatic hydroxyl groups is 1. The molecule has 6 nitrogen and oxygen atoms in total. The second kappa shape index (κ2) is 7.08. The first-order chi connectivity index (χ1) is 10.1. The molecule has 114 valence electrons. The van der Waals surface area contributed by atoms with E-state index in [9.17, 15) is 14.7 Å². The standard InChI is InChI=1S/C15H20N2O4/c1-11-2-3-12(10-13(11)18)15(20)16-5-4-14(19)17-6-8-21-9-7-17/h2-3,10,18H,4-9H2,1H3,(H,16,20). The molecule has 21 heavy (non-hydrogen) atoms. The molecule has 1 aromatic carbocycles. The van der Waals surface area contributed by atoms with Crippen molar-refractivity contribution < 1.29 is 19.4 Å². The largest absolute Gasteiger partial charge is 0.508 e. The molecule has 0 radical (unpaired) electrons. The molecule has 1 saturated heterocycles. The number of hydrogen-bond donors (Lipinski definition) is 2. The zero-order valence-electron chi connectivity index (χ0n) is 12.1. The lowest BCUT2D eigenvalue weighted by molar-refractivity contribution is -0.135. The number of carbonyl (C=O) groups excluding carboxylic acids is 2. The van der Waals surface area contributed by atoms with Gasteiger partial charge in [0, 0.05) is 31.6 Å². The number of nitrogens with zero attached hydrogens (tertiary/aromatic N) is 1. The summed E-state index contributed by atoms with van der Waals surface area (Å²) in [7, 11) is 0. The van der Waals surface area contributed by atoms with Crippen LogP contribution in [0.15, 0.2) is 18.2 Å². The third kappa shape index (κ3) is 4.19. The highest BCUT2D eigenvalue weighted by Crippen LogP contribution is 2.17. The van der Waals surface area contributed by atoms with E-state index in [0.717, 1.165) is 0 Å². The fourth-order valence-electron chi connectivity index (χ4n) is 2.11. The molecule has 0 spiro atoms. The predicted octanol–water partition coefficient (Wildman–Crippen LogP) is 0.679. The van der Waals surface area contributed by atoms with Gasteiger partial charge in [0.1, 0.15) is 5.75 Å². The summed E-state index contributed by atoms with van der Waals surface area (Å²) in [5.41, 5.74) is 1.10. The number of ether oxygens (including phenoxy) is 1. The molecular formula is C15H20N2O4. The van der Waals surface area contributed by atoms with E-state index in [1.807, 2.05) is 0 Å². The Morgan fingerprint density at radius 3 is 2.71 bits per heavy atom. The van der Waals surface area contributed by atoms with Gasteiger partial charge in [0.2, 0.25) is 5.91 Å². The smallest absolute Gasteiger partial charge is 0.251 e. The van der Waals surface area contributed by atoms with Gasteiger partial charge < -0.3 is 20.1 Å². The first-order valence-electron chi connectivity index (χ1n) is 7.01. The van der Waals surface area contributed by atoms with Gasteiger partial charge in [0.25, 0.3) is 5.91 Å². The monoisotopic (exact) mass is 292 g/mol. The maximum atomic E-state index is 11.9. The van der Waals surface area contributed by atoms with E-state index in [0.29, 0.717) is 37.4 Å². The van der Waals surface area contributed by atoms with Crippen molar-refractivity contribution in [1.82, 2.24) is 10.2 Å². The second-order valence-corrected chi connectivity index (χ2v) is 5.00. The molecule has 0 atom stereocenters. The molecule has 2 N–H and O–H groups in total. The van der Waals surface area contributed by atoms with Crippen molar-refractivity contribution in [1.29, 1.82) is 0 Å². The summed E-state index contributed by atoms with van der Waals surface area (Å²) in [5.74, 6) is -0.183. The van der Waals surface area contributed by atoms with Crippen LogP contribution in [0.25, 0.3) is 0 Å². The molecule has 1 heterocycles. The minimum Gasteiger partial charge on any atom is -0.508 e. The van der Waals surface area contributed by atoms with E-state index >= 15 is 0 Å². The summed E-state index contributed by atoms with van der Waals surface area (Å²) < 4.78 is 5.18. The van der Waals surface area contributed by atoms with Crippen molar-refractivity contribution in [2.45, 2.75) is 13.3 Å². The third-order valence-corrected chi connectivity index (χ3v) is 3.46. The Balaban J connectivity index is 1.78. The van der Waals surface area contributed by atoms with Crippen LogP contribution in [0.5, 0.6) is 5.75 Å². The van der Waals surface area contributed by atoms with E-state index in [1.165, 1.54) is 6.07 Å². The van der Waals surface area contributed by atoms with Gasteiger partial charge in [0.15, 0.2) is 0 Å². The van der Waals surface area contributed by atoms with Crippen LogP contribution < -0.4 is 5.32 Å². The van der Waals surface area contributed by atoms with Gasteiger partial charge in [-0.3, -0.25) is 9.59 Å². The van der Waals surface area contributed by atoms with Gasteiger partial charge in [-0.1, -0.05) is 6.07 Å². The number of phenolic OH excluding ortho intramolecular Hbond substituents is 1. The predicted molar refractivity (Wildman–Crippen MR) is 77.2 cm³/mol. The van der Waals surface area contributed by atoms with Crippen molar-refractivity contribution in [3.63, 3.8) is 0 Å². The van der Waals surface area contributed by atoms with Crippen LogP contribution in [0.2, 0.25) is 0 Å². The Kier molecular flexibility index (Phi) is 5.16. The minimum atomic E-state index is -0.292. The highest BCUT2D eigenvalue weighted by atomic mass is 16.5. The number of hydrogen-bond acceptors (Lipinski definition) is 4. The number of carbonyl (C=O) groups is 2. The first kappa shape index (κ1) is 15.3. The lowest BCUT2D eigenvalue weighted by atomic mass is 10.1. The van der Waals surface area contributed by atoms with E-state index in [4.69, 9.17) is 4.74 Å². The average molecular weight is 292 g/mol. The van der Waals surface area contributed by atoms with E-state index in [1.54, 1.807) is 24.0 Å². The van der Waals surface area contributed by atoms with Gasteiger partial charge in [-0.25, -0.2) is 0 Å². The maximum absolute atomic E-state index is 11.9.